The van der Waals surface area contributed by atoms with E-state index in [0.29, 0.717) is 12.6 Å². The van der Waals surface area contributed by atoms with E-state index in [4.69, 9.17) is 5.73 Å². The second-order valence-electron chi connectivity index (χ2n) is 6.66. The van der Waals surface area contributed by atoms with Gasteiger partial charge in [-0.1, -0.05) is 38.5 Å². The fourth-order valence-electron chi connectivity index (χ4n) is 3.71. The summed E-state index contributed by atoms with van der Waals surface area (Å²) in [5.74, 6) is 0. The lowest BCUT2D eigenvalue weighted by molar-refractivity contribution is 0.128. The van der Waals surface area contributed by atoms with Crippen LogP contribution in [0.15, 0.2) is 0 Å². The summed E-state index contributed by atoms with van der Waals surface area (Å²) in [7, 11) is 0. The van der Waals surface area contributed by atoms with E-state index >= 15 is 0 Å². The lowest BCUT2D eigenvalue weighted by atomic mass is 10.1. The Balaban J connectivity index is 2.00. The molecule has 2 amide bonds. The number of rotatable bonds is 4. The number of hydrogen-bond donors (Lipinski definition) is 1. The summed E-state index contributed by atoms with van der Waals surface area (Å²) in [5, 5.41) is 0. The third kappa shape index (κ3) is 5.17. The summed E-state index contributed by atoms with van der Waals surface area (Å²) in [6.07, 6.45) is 13.4. The third-order valence-corrected chi connectivity index (χ3v) is 4.99. The Bertz CT molecular complexity index is 292. The van der Waals surface area contributed by atoms with Crippen LogP contribution in [-0.2, 0) is 0 Å². The molecule has 1 saturated heterocycles. The number of nitrogens with zero attached hydrogens (tertiary/aromatic N) is 2. The Morgan fingerprint density at radius 2 is 1.52 bits per heavy atom. The summed E-state index contributed by atoms with van der Waals surface area (Å²) in [5.41, 5.74) is 5.69. The number of amides is 2. The number of hydrogen-bond acceptors (Lipinski definition) is 2. The summed E-state index contributed by atoms with van der Waals surface area (Å²) in [6, 6.07) is 0.743. The quantitative estimate of drug-likeness (QED) is 0.809. The molecule has 1 aliphatic heterocycles. The number of carbonyl (C=O) groups is 1. The summed E-state index contributed by atoms with van der Waals surface area (Å²) in [4.78, 5) is 17.3. The zero-order valence-corrected chi connectivity index (χ0v) is 13.6. The molecule has 2 fully saturated rings. The van der Waals surface area contributed by atoms with Gasteiger partial charge in [0.25, 0.3) is 0 Å². The van der Waals surface area contributed by atoms with Crippen LogP contribution in [0.25, 0.3) is 0 Å². The predicted molar refractivity (Wildman–Crippen MR) is 87.3 cm³/mol. The SMILES string of the molecule is NCCCN(C(=O)N1CCCCCC1)C1CCCCCC1. The smallest absolute Gasteiger partial charge is 0.320 e. The van der Waals surface area contributed by atoms with Gasteiger partial charge in [0.05, 0.1) is 0 Å². The Morgan fingerprint density at radius 1 is 0.952 bits per heavy atom. The van der Waals surface area contributed by atoms with E-state index in [-0.39, 0.29) is 6.03 Å². The Labute approximate surface area is 130 Å². The van der Waals surface area contributed by atoms with Gasteiger partial charge in [-0.05, 0) is 38.6 Å². The molecular weight excluding hydrogens is 262 g/mol. The molecule has 0 atom stereocenters. The van der Waals surface area contributed by atoms with Crippen molar-refractivity contribution in [1.82, 2.24) is 9.80 Å². The molecule has 2 rings (SSSR count). The second-order valence-corrected chi connectivity index (χ2v) is 6.66. The van der Waals surface area contributed by atoms with Gasteiger partial charge >= 0.3 is 6.03 Å². The van der Waals surface area contributed by atoms with E-state index in [2.05, 4.69) is 9.80 Å². The fourth-order valence-corrected chi connectivity index (χ4v) is 3.71. The van der Waals surface area contributed by atoms with Gasteiger partial charge in [0.2, 0.25) is 0 Å². The summed E-state index contributed by atoms with van der Waals surface area (Å²) in [6.45, 7) is 3.42. The van der Waals surface area contributed by atoms with Crippen LogP contribution >= 0.6 is 0 Å². The predicted octanol–water partition coefficient (Wildman–Crippen LogP) is 3.36. The minimum atomic E-state index is 0.289. The van der Waals surface area contributed by atoms with Crippen LogP contribution in [0.4, 0.5) is 4.79 Å². The highest BCUT2D eigenvalue weighted by Crippen LogP contribution is 2.24. The Kier molecular flexibility index (Phi) is 7.34. The Morgan fingerprint density at radius 3 is 2.10 bits per heavy atom. The summed E-state index contributed by atoms with van der Waals surface area (Å²) < 4.78 is 0. The number of carbonyl (C=O) groups excluding carboxylic acids is 1. The summed E-state index contributed by atoms with van der Waals surface area (Å²) >= 11 is 0. The van der Waals surface area contributed by atoms with Gasteiger partial charge in [-0.2, -0.15) is 0 Å². The van der Waals surface area contributed by atoms with Crippen LogP contribution < -0.4 is 5.73 Å². The van der Waals surface area contributed by atoms with E-state index in [9.17, 15) is 4.79 Å². The average Bonchev–Trinajstić information content (AvgIpc) is 2.92. The van der Waals surface area contributed by atoms with Gasteiger partial charge in [0.1, 0.15) is 0 Å². The van der Waals surface area contributed by atoms with Crippen LogP contribution in [0.2, 0.25) is 0 Å². The molecule has 0 bridgehead atoms. The van der Waals surface area contributed by atoms with E-state index in [1.165, 1.54) is 64.2 Å². The molecule has 21 heavy (non-hydrogen) atoms. The fraction of sp³-hybridized carbons (Fsp3) is 0.941. The zero-order chi connectivity index (χ0) is 14.9. The molecule has 0 aromatic heterocycles. The molecule has 0 aromatic carbocycles. The molecule has 4 heteroatoms. The third-order valence-electron chi connectivity index (χ3n) is 4.99. The molecule has 0 unspecified atom stereocenters. The van der Waals surface area contributed by atoms with Crippen molar-refractivity contribution in [2.75, 3.05) is 26.2 Å². The van der Waals surface area contributed by atoms with E-state index in [0.717, 1.165) is 26.1 Å². The highest BCUT2D eigenvalue weighted by molar-refractivity contribution is 5.74. The van der Waals surface area contributed by atoms with Crippen molar-refractivity contribution in [3.63, 3.8) is 0 Å². The topological polar surface area (TPSA) is 49.6 Å². The first-order valence-electron chi connectivity index (χ1n) is 9.08. The van der Waals surface area contributed by atoms with Crippen molar-refractivity contribution in [1.29, 1.82) is 0 Å². The van der Waals surface area contributed by atoms with Crippen LogP contribution in [0.5, 0.6) is 0 Å². The van der Waals surface area contributed by atoms with Crippen LogP contribution in [-0.4, -0.2) is 48.1 Å². The maximum atomic E-state index is 13.0. The van der Waals surface area contributed by atoms with E-state index in [1.54, 1.807) is 0 Å². The van der Waals surface area contributed by atoms with Crippen molar-refractivity contribution >= 4 is 6.03 Å². The van der Waals surface area contributed by atoms with E-state index < -0.39 is 0 Å². The van der Waals surface area contributed by atoms with Crippen LogP contribution in [0, 0.1) is 0 Å². The molecule has 0 aromatic rings. The standard InChI is InChI=1S/C17H33N3O/c18-12-9-15-20(16-10-5-1-2-6-11-16)17(21)19-13-7-3-4-8-14-19/h16H,1-15,18H2. The van der Waals surface area contributed by atoms with Gasteiger partial charge in [-0.25, -0.2) is 4.79 Å². The molecule has 1 heterocycles. The van der Waals surface area contributed by atoms with Gasteiger partial charge < -0.3 is 15.5 Å². The van der Waals surface area contributed by atoms with Crippen molar-refractivity contribution in [2.45, 2.75) is 76.7 Å². The molecule has 1 saturated carbocycles. The molecule has 0 radical (unpaired) electrons. The minimum Gasteiger partial charge on any atom is -0.330 e. The number of urea groups is 1. The molecule has 4 nitrogen and oxygen atoms in total. The average molecular weight is 295 g/mol. The molecule has 2 N–H and O–H groups in total. The zero-order valence-electron chi connectivity index (χ0n) is 13.6. The van der Waals surface area contributed by atoms with Crippen molar-refractivity contribution in [2.24, 2.45) is 5.73 Å². The van der Waals surface area contributed by atoms with E-state index in [1.807, 2.05) is 0 Å². The maximum Gasteiger partial charge on any atom is 0.320 e. The molecule has 1 aliphatic carbocycles. The van der Waals surface area contributed by atoms with Gasteiger partial charge in [-0.15, -0.1) is 0 Å². The minimum absolute atomic E-state index is 0.289. The molecule has 2 aliphatic rings. The van der Waals surface area contributed by atoms with Gasteiger partial charge in [0.15, 0.2) is 0 Å². The van der Waals surface area contributed by atoms with Crippen LogP contribution in [0.1, 0.15) is 70.6 Å². The maximum absolute atomic E-state index is 13.0. The van der Waals surface area contributed by atoms with Crippen molar-refractivity contribution < 1.29 is 4.79 Å². The van der Waals surface area contributed by atoms with Crippen LogP contribution in [0.3, 0.4) is 0 Å². The second kappa shape index (κ2) is 9.29. The van der Waals surface area contributed by atoms with Crippen molar-refractivity contribution in [3.05, 3.63) is 0 Å². The number of likely N-dealkylation sites (tertiary alicyclic amines) is 1. The van der Waals surface area contributed by atoms with Crippen molar-refractivity contribution in [3.8, 4) is 0 Å². The number of nitrogens with two attached hydrogens (primary N) is 1. The largest absolute Gasteiger partial charge is 0.330 e. The van der Waals surface area contributed by atoms with Gasteiger partial charge in [-0.3, -0.25) is 0 Å². The molecule has 122 valence electrons. The first-order valence-corrected chi connectivity index (χ1v) is 9.08. The monoisotopic (exact) mass is 295 g/mol. The highest BCUT2D eigenvalue weighted by Gasteiger charge is 2.28. The lowest BCUT2D eigenvalue weighted by Gasteiger charge is -2.35. The highest BCUT2D eigenvalue weighted by atomic mass is 16.2. The first kappa shape index (κ1) is 16.6. The Hall–Kier alpha value is -0.770. The molecular formula is C17H33N3O. The molecule has 0 spiro atoms. The first-order chi connectivity index (χ1) is 10.3. The normalized spacial score (nSPS) is 21.7. The van der Waals surface area contributed by atoms with Gasteiger partial charge in [0, 0.05) is 25.7 Å². The lowest BCUT2D eigenvalue weighted by Crippen LogP contribution is -2.49.